The molecule has 0 saturated carbocycles. The Balaban J connectivity index is 2.66. The molecule has 0 saturated heterocycles. The monoisotopic (exact) mass is 307 g/mol. The number of carbonyl (C=O) groups excluding carboxylic acids is 1. The highest BCUT2D eigenvalue weighted by Gasteiger charge is 2.09. The molecular formula is C14H14ClN3O3. The zero-order chi connectivity index (χ0) is 15.8. The van der Waals surface area contributed by atoms with E-state index in [1.807, 2.05) is 6.92 Å². The van der Waals surface area contributed by atoms with Crippen molar-refractivity contribution >= 4 is 29.2 Å². The molecule has 110 valence electrons. The summed E-state index contributed by atoms with van der Waals surface area (Å²) in [6.45, 7) is 1.82. The van der Waals surface area contributed by atoms with Crippen molar-refractivity contribution in [1.29, 1.82) is 5.26 Å². The van der Waals surface area contributed by atoms with Crippen LogP contribution in [-0.4, -0.2) is 23.5 Å². The number of benzene rings is 1. The minimum Gasteiger partial charge on any atom is -0.481 e. The predicted octanol–water partition coefficient (Wildman–Crippen LogP) is 2.06. The summed E-state index contributed by atoms with van der Waals surface area (Å²) in [5.74, 6) is -1.66. The molecule has 0 radical (unpaired) electrons. The molecule has 0 aliphatic rings. The minimum atomic E-state index is -1.02. The van der Waals surface area contributed by atoms with Crippen molar-refractivity contribution in [2.75, 3.05) is 11.9 Å². The summed E-state index contributed by atoms with van der Waals surface area (Å²) in [5, 5.41) is 23.1. The number of anilines is 1. The number of nitriles is 1. The Bertz CT molecular complexity index is 620. The standard InChI is InChI=1S/C14H14ClN3O3/c1-9-2-3-11(6-12(9)15)18-8-10(7-16)14(21)17-5-4-13(19)20/h2-3,6,8,18H,4-5H2,1H3,(H,17,21)(H,19,20)/b10-8-. The van der Waals surface area contributed by atoms with Crippen molar-refractivity contribution in [2.24, 2.45) is 0 Å². The summed E-state index contributed by atoms with van der Waals surface area (Å²) < 4.78 is 0. The molecule has 1 aromatic rings. The molecule has 0 aliphatic heterocycles. The number of aryl methyl sites for hydroxylation is 1. The van der Waals surface area contributed by atoms with Crippen LogP contribution in [0.2, 0.25) is 5.02 Å². The maximum absolute atomic E-state index is 11.6. The van der Waals surface area contributed by atoms with E-state index in [4.69, 9.17) is 22.0 Å². The van der Waals surface area contributed by atoms with Crippen LogP contribution in [0.25, 0.3) is 0 Å². The summed E-state index contributed by atoms with van der Waals surface area (Å²) in [6.07, 6.45) is 1.04. The number of halogens is 1. The van der Waals surface area contributed by atoms with Gasteiger partial charge in [0.1, 0.15) is 11.6 Å². The molecule has 0 heterocycles. The van der Waals surface area contributed by atoms with Crippen molar-refractivity contribution in [3.05, 3.63) is 40.6 Å². The van der Waals surface area contributed by atoms with Gasteiger partial charge in [-0.1, -0.05) is 17.7 Å². The molecule has 6 nitrogen and oxygen atoms in total. The number of carboxylic acids is 1. The second-order valence-corrected chi connectivity index (χ2v) is 4.58. The highest BCUT2D eigenvalue weighted by atomic mass is 35.5. The molecule has 0 aromatic heterocycles. The highest BCUT2D eigenvalue weighted by Crippen LogP contribution is 2.20. The van der Waals surface area contributed by atoms with Crippen molar-refractivity contribution < 1.29 is 14.7 Å². The van der Waals surface area contributed by atoms with E-state index >= 15 is 0 Å². The fourth-order valence-corrected chi connectivity index (χ4v) is 1.55. The Morgan fingerprint density at radius 2 is 2.19 bits per heavy atom. The SMILES string of the molecule is Cc1ccc(N/C=C(/C#N)C(=O)NCCC(=O)O)cc1Cl. The van der Waals surface area contributed by atoms with Crippen molar-refractivity contribution in [2.45, 2.75) is 13.3 Å². The van der Waals surface area contributed by atoms with Gasteiger partial charge in [-0.15, -0.1) is 0 Å². The second-order valence-electron chi connectivity index (χ2n) is 4.18. The van der Waals surface area contributed by atoms with Gasteiger partial charge in [0.25, 0.3) is 5.91 Å². The van der Waals surface area contributed by atoms with Crippen molar-refractivity contribution in [3.63, 3.8) is 0 Å². The molecule has 1 rings (SSSR count). The first-order chi connectivity index (χ1) is 9.93. The van der Waals surface area contributed by atoms with Crippen LogP contribution >= 0.6 is 11.6 Å². The lowest BCUT2D eigenvalue weighted by Gasteiger charge is -2.05. The van der Waals surface area contributed by atoms with Gasteiger partial charge in [-0.05, 0) is 24.6 Å². The molecule has 0 bridgehead atoms. The lowest BCUT2D eigenvalue weighted by molar-refractivity contribution is -0.136. The predicted molar refractivity (Wildman–Crippen MR) is 78.8 cm³/mol. The van der Waals surface area contributed by atoms with Crippen LogP contribution in [0.4, 0.5) is 5.69 Å². The first-order valence-corrected chi connectivity index (χ1v) is 6.44. The van der Waals surface area contributed by atoms with Gasteiger partial charge in [-0.3, -0.25) is 9.59 Å². The second kappa shape index (κ2) is 7.92. The average Bonchev–Trinajstić information content (AvgIpc) is 2.43. The van der Waals surface area contributed by atoms with Crippen molar-refractivity contribution in [1.82, 2.24) is 5.32 Å². The Kier molecular flexibility index (Phi) is 6.24. The van der Waals surface area contributed by atoms with Gasteiger partial charge in [0, 0.05) is 23.5 Å². The molecule has 21 heavy (non-hydrogen) atoms. The van der Waals surface area contributed by atoms with Crippen LogP contribution in [0.1, 0.15) is 12.0 Å². The van der Waals surface area contributed by atoms with E-state index in [1.54, 1.807) is 24.3 Å². The van der Waals surface area contributed by atoms with Crippen LogP contribution in [0.5, 0.6) is 0 Å². The fraction of sp³-hybridized carbons (Fsp3) is 0.214. The van der Waals surface area contributed by atoms with Gasteiger partial charge in [-0.25, -0.2) is 0 Å². The minimum absolute atomic E-state index is 0.0381. The van der Waals surface area contributed by atoms with E-state index in [1.165, 1.54) is 6.20 Å². The Morgan fingerprint density at radius 1 is 1.48 bits per heavy atom. The van der Waals surface area contributed by atoms with Gasteiger partial charge in [0.05, 0.1) is 6.42 Å². The number of nitrogens with one attached hydrogen (secondary N) is 2. The molecule has 7 heteroatoms. The molecule has 0 spiro atoms. The van der Waals surface area contributed by atoms with E-state index in [-0.39, 0.29) is 18.5 Å². The number of nitrogens with zero attached hydrogens (tertiary/aromatic N) is 1. The van der Waals surface area contributed by atoms with E-state index in [0.717, 1.165) is 5.56 Å². The summed E-state index contributed by atoms with van der Waals surface area (Å²) >= 11 is 5.96. The first-order valence-electron chi connectivity index (χ1n) is 6.07. The Hall–Kier alpha value is -2.52. The van der Waals surface area contributed by atoms with Crippen molar-refractivity contribution in [3.8, 4) is 6.07 Å². The zero-order valence-electron chi connectivity index (χ0n) is 11.3. The summed E-state index contributed by atoms with van der Waals surface area (Å²) in [4.78, 5) is 22.0. The number of hydrogen-bond acceptors (Lipinski definition) is 4. The van der Waals surface area contributed by atoms with E-state index in [2.05, 4.69) is 10.6 Å². The molecule has 0 fully saturated rings. The number of carbonyl (C=O) groups is 2. The zero-order valence-corrected chi connectivity index (χ0v) is 12.1. The van der Waals surface area contributed by atoms with E-state index in [0.29, 0.717) is 10.7 Å². The number of hydrogen-bond donors (Lipinski definition) is 3. The Labute approximate surface area is 127 Å². The molecule has 1 amide bonds. The summed E-state index contributed by atoms with van der Waals surface area (Å²) in [6, 6.07) is 6.98. The van der Waals surface area contributed by atoms with Gasteiger partial charge < -0.3 is 15.7 Å². The first kappa shape index (κ1) is 16.5. The van der Waals surface area contributed by atoms with Gasteiger partial charge >= 0.3 is 5.97 Å². The summed E-state index contributed by atoms with van der Waals surface area (Å²) in [7, 11) is 0. The molecule has 3 N–H and O–H groups in total. The molecule has 0 atom stereocenters. The molecular weight excluding hydrogens is 294 g/mol. The lowest BCUT2D eigenvalue weighted by Crippen LogP contribution is -2.27. The lowest BCUT2D eigenvalue weighted by atomic mass is 10.2. The van der Waals surface area contributed by atoms with Crippen LogP contribution < -0.4 is 10.6 Å². The van der Waals surface area contributed by atoms with E-state index < -0.39 is 11.9 Å². The highest BCUT2D eigenvalue weighted by molar-refractivity contribution is 6.31. The normalized spacial score (nSPS) is 10.6. The third-order valence-corrected chi connectivity index (χ3v) is 2.95. The molecule has 0 unspecified atom stereocenters. The van der Waals surface area contributed by atoms with Crippen LogP contribution in [0.3, 0.4) is 0 Å². The Morgan fingerprint density at radius 3 is 2.76 bits per heavy atom. The van der Waals surface area contributed by atoms with Gasteiger partial charge in [-0.2, -0.15) is 5.26 Å². The maximum Gasteiger partial charge on any atom is 0.305 e. The number of carboxylic acid groups (broad SMARTS) is 1. The van der Waals surface area contributed by atoms with Crippen LogP contribution in [0.15, 0.2) is 30.0 Å². The number of aliphatic carboxylic acids is 1. The maximum atomic E-state index is 11.6. The fourth-order valence-electron chi connectivity index (χ4n) is 1.36. The van der Waals surface area contributed by atoms with E-state index in [9.17, 15) is 9.59 Å². The topological polar surface area (TPSA) is 102 Å². The van der Waals surface area contributed by atoms with Crippen LogP contribution in [0, 0.1) is 18.3 Å². The van der Waals surface area contributed by atoms with Gasteiger partial charge in [0.15, 0.2) is 0 Å². The molecule has 1 aromatic carbocycles. The smallest absolute Gasteiger partial charge is 0.305 e. The summed E-state index contributed by atoms with van der Waals surface area (Å²) in [5.41, 5.74) is 1.40. The van der Waals surface area contributed by atoms with Crippen LogP contribution in [-0.2, 0) is 9.59 Å². The molecule has 0 aliphatic carbocycles. The third-order valence-electron chi connectivity index (χ3n) is 2.54. The quantitative estimate of drug-likeness (QED) is 0.551. The number of amides is 1. The third kappa shape index (κ3) is 5.55. The van der Waals surface area contributed by atoms with Gasteiger partial charge in [0.2, 0.25) is 0 Å². The largest absolute Gasteiger partial charge is 0.481 e. The average molecular weight is 308 g/mol. The number of rotatable bonds is 6.